The Bertz CT molecular complexity index is 1170. The maximum atomic E-state index is 12.5. The van der Waals surface area contributed by atoms with Crippen LogP contribution in [0.3, 0.4) is 0 Å². The van der Waals surface area contributed by atoms with Crippen LogP contribution in [0.1, 0.15) is 380 Å². The summed E-state index contributed by atoms with van der Waals surface area (Å²) >= 11 is 0. The molecule has 3 N–H and O–H groups in total. The third kappa shape index (κ3) is 61.4. The molecule has 0 aromatic carbocycles. The zero-order valence-electron chi connectivity index (χ0n) is 50.8. The van der Waals surface area contributed by atoms with E-state index in [1.807, 2.05) is 0 Å². The van der Waals surface area contributed by atoms with Crippen molar-refractivity contribution in [2.75, 3.05) is 13.2 Å². The minimum Gasteiger partial charge on any atom is -0.466 e. The van der Waals surface area contributed by atoms with Gasteiger partial charge in [0.05, 0.1) is 25.4 Å². The summed E-state index contributed by atoms with van der Waals surface area (Å²) in [5.41, 5.74) is 0. The summed E-state index contributed by atoms with van der Waals surface area (Å²) < 4.78 is 5.49. The highest BCUT2D eigenvalue weighted by Gasteiger charge is 2.20. The number of esters is 1. The Morgan fingerprint density at radius 1 is 0.373 bits per heavy atom. The van der Waals surface area contributed by atoms with Gasteiger partial charge in [0.25, 0.3) is 0 Å². The van der Waals surface area contributed by atoms with Gasteiger partial charge in [0.2, 0.25) is 5.91 Å². The van der Waals surface area contributed by atoms with E-state index in [0.29, 0.717) is 25.9 Å². The van der Waals surface area contributed by atoms with E-state index in [4.69, 9.17) is 4.74 Å². The molecule has 0 aliphatic heterocycles. The first kappa shape index (κ1) is 73.3. The highest BCUT2D eigenvalue weighted by molar-refractivity contribution is 5.76. The zero-order chi connectivity index (χ0) is 54.3. The predicted octanol–water partition coefficient (Wildman–Crippen LogP) is 21.8. The maximum absolute atomic E-state index is 12.5. The molecule has 0 aromatic rings. The number of carbonyl (C=O) groups is 2. The van der Waals surface area contributed by atoms with Gasteiger partial charge in [0.1, 0.15) is 0 Å². The summed E-state index contributed by atoms with van der Waals surface area (Å²) in [5.74, 6) is -0.0225. The molecule has 0 heterocycles. The first-order valence-corrected chi connectivity index (χ1v) is 34.1. The van der Waals surface area contributed by atoms with E-state index >= 15 is 0 Å². The van der Waals surface area contributed by atoms with Crippen LogP contribution in [-0.2, 0) is 14.3 Å². The molecule has 6 nitrogen and oxygen atoms in total. The second kappa shape index (κ2) is 64.9. The van der Waals surface area contributed by atoms with E-state index in [1.165, 1.54) is 295 Å². The predicted molar refractivity (Wildman–Crippen MR) is 329 cm³/mol. The number of aliphatic hydroxyl groups excluding tert-OH is 2. The lowest BCUT2D eigenvalue weighted by molar-refractivity contribution is -0.143. The lowest BCUT2D eigenvalue weighted by Crippen LogP contribution is -2.45. The molecule has 75 heavy (non-hydrogen) atoms. The lowest BCUT2D eigenvalue weighted by Gasteiger charge is -2.22. The number of allylic oxidation sites excluding steroid dienone is 4. The summed E-state index contributed by atoms with van der Waals surface area (Å²) in [6.07, 6.45) is 80.9. The molecule has 0 rings (SSSR count). The number of rotatable bonds is 64. The van der Waals surface area contributed by atoms with Crippen molar-refractivity contribution in [2.45, 2.75) is 392 Å². The molecule has 2 unspecified atom stereocenters. The first-order valence-electron chi connectivity index (χ1n) is 34.1. The van der Waals surface area contributed by atoms with Crippen LogP contribution in [0.25, 0.3) is 0 Å². The van der Waals surface area contributed by atoms with E-state index in [1.54, 1.807) is 0 Å². The van der Waals surface area contributed by atoms with Gasteiger partial charge in [-0.05, 0) is 57.8 Å². The van der Waals surface area contributed by atoms with Crippen molar-refractivity contribution < 1.29 is 24.5 Å². The summed E-state index contributed by atoms with van der Waals surface area (Å²) in [6, 6.07) is -0.536. The van der Waals surface area contributed by atoms with Gasteiger partial charge in [-0.2, -0.15) is 0 Å². The smallest absolute Gasteiger partial charge is 0.305 e. The van der Waals surface area contributed by atoms with Gasteiger partial charge in [-0.3, -0.25) is 9.59 Å². The molecule has 6 heteroatoms. The molecular formula is C69H133NO5. The lowest BCUT2D eigenvalue weighted by atomic mass is 10.0. The maximum Gasteiger partial charge on any atom is 0.305 e. The monoisotopic (exact) mass is 1060 g/mol. The Morgan fingerprint density at radius 2 is 0.667 bits per heavy atom. The standard InChI is InChI=1S/C69H133NO5/c1-3-5-7-9-11-13-15-16-17-36-39-43-47-51-55-59-63-69(74)75-64-60-56-52-48-44-40-37-34-32-30-28-26-24-22-20-18-19-21-23-25-27-29-31-33-35-38-42-46-50-54-58-62-68(73)70-66(65-71)67(72)61-57-53-49-45-41-14-12-10-8-6-4-2/h13,15,17,36,66-67,71-72H,3-12,14,16,18-35,37-65H2,1-2H3,(H,70,73)/b15-13-,36-17-. The van der Waals surface area contributed by atoms with E-state index in [9.17, 15) is 19.8 Å². The van der Waals surface area contributed by atoms with E-state index in [0.717, 1.165) is 51.4 Å². The van der Waals surface area contributed by atoms with Gasteiger partial charge in [0, 0.05) is 12.8 Å². The van der Waals surface area contributed by atoms with Crippen LogP contribution < -0.4 is 5.32 Å². The fourth-order valence-electron chi connectivity index (χ4n) is 10.8. The molecule has 0 aliphatic rings. The Morgan fingerprint density at radius 3 is 1.03 bits per heavy atom. The number of amides is 1. The van der Waals surface area contributed by atoms with Crippen molar-refractivity contribution >= 4 is 11.9 Å². The van der Waals surface area contributed by atoms with Gasteiger partial charge < -0.3 is 20.3 Å². The number of aliphatic hydroxyl groups is 2. The largest absolute Gasteiger partial charge is 0.466 e. The number of nitrogens with one attached hydrogen (secondary N) is 1. The first-order chi connectivity index (χ1) is 37.0. The van der Waals surface area contributed by atoms with Crippen LogP contribution in [0, 0.1) is 0 Å². The van der Waals surface area contributed by atoms with Crippen LogP contribution >= 0.6 is 0 Å². The second-order valence-electron chi connectivity index (χ2n) is 23.5. The Balaban J connectivity index is 3.30. The van der Waals surface area contributed by atoms with Crippen molar-refractivity contribution in [3.63, 3.8) is 0 Å². The molecule has 444 valence electrons. The minimum atomic E-state index is -0.659. The summed E-state index contributed by atoms with van der Waals surface area (Å²) in [7, 11) is 0. The average molecular weight is 1060 g/mol. The third-order valence-corrected chi connectivity index (χ3v) is 16.0. The minimum absolute atomic E-state index is 0.00758. The number of hydrogen-bond acceptors (Lipinski definition) is 5. The summed E-state index contributed by atoms with van der Waals surface area (Å²) in [5, 5.41) is 23.2. The zero-order valence-corrected chi connectivity index (χ0v) is 50.8. The Labute approximate surface area is 469 Å². The molecule has 0 saturated heterocycles. The van der Waals surface area contributed by atoms with Crippen LogP contribution in [-0.4, -0.2) is 47.4 Å². The number of carbonyl (C=O) groups excluding carboxylic acids is 2. The van der Waals surface area contributed by atoms with E-state index in [2.05, 4.69) is 43.5 Å². The van der Waals surface area contributed by atoms with Crippen molar-refractivity contribution in [1.82, 2.24) is 5.32 Å². The Kier molecular flexibility index (Phi) is 63.4. The van der Waals surface area contributed by atoms with Gasteiger partial charge >= 0.3 is 5.97 Å². The molecule has 0 fully saturated rings. The summed E-state index contributed by atoms with van der Waals surface area (Å²) in [4.78, 5) is 24.5. The molecule has 0 aromatic heterocycles. The molecular weight excluding hydrogens is 923 g/mol. The fourth-order valence-corrected chi connectivity index (χ4v) is 10.8. The van der Waals surface area contributed by atoms with Crippen LogP contribution in [0.4, 0.5) is 0 Å². The number of hydrogen-bond donors (Lipinski definition) is 3. The molecule has 0 spiro atoms. The normalized spacial score (nSPS) is 12.6. The number of unbranched alkanes of at least 4 members (excludes halogenated alkanes) is 49. The van der Waals surface area contributed by atoms with Crippen LogP contribution in [0.2, 0.25) is 0 Å². The molecule has 0 radical (unpaired) electrons. The highest BCUT2D eigenvalue weighted by Crippen LogP contribution is 2.19. The Hall–Kier alpha value is -1.66. The van der Waals surface area contributed by atoms with Crippen molar-refractivity contribution in [3.8, 4) is 0 Å². The fraction of sp³-hybridized carbons (Fsp3) is 0.913. The van der Waals surface area contributed by atoms with Crippen LogP contribution in [0.5, 0.6) is 0 Å². The molecule has 0 saturated carbocycles. The van der Waals surface area contributed by atoms with Gasteiger partial charge in [-0.25, -0.2) is 0 Å². The highest BCUT2D eigenvalue weighted by atomic mass is 16.5. The van der Waals surface area contributed by atoms with Gasteiger partial charge in [0.15, 0.2) is 0 Å². The average Bonchev–Trinajstić information content (AvgIpc) is 3.41. The van der Waals surface area contributed by atoms with Crippen molar-refractivity contribution in [3.05, 3.63) is 24.3 Å². The molecule has 0 aliphatic carbocycles. The van der Waals surface area contributed by atoms with E-state index < -0.39 is 12.1 Å². The molecule has 0 bridgehead atoms. The number of ether oxygens (including phenoxy) is 1. The van der Waals surface area contributed by atoms with Gasteiger partial charge in [-0.15, -0.1) is 0 Å². The van der Waals surface area contributed by atoms with Crippen molar-refractivity contribution in [1.29, 1.82) is 0 Å². The van der Waals surface area contributed by atoms with Gasteiger partial charge in [-0.1, -0.05) is 334 Å². The van der Waals surface area contributed by atoms with Crippen LogP contribution in [0.15, 0.2) is 24.3 Å². The second-order valence-corrected chi connectivity index (χ2v) is 23.5. The molecule has 2 atom stereocenters. The topological polar surface area (TPSA) is 95.9 Å². The summed E-state index contributed by atoms with van der Waals surface area (Å²) in [6.45, 7) is 4.95. The van der Waals surface area contributed by atoms with E-state index in [-0.39, 0.29) is 18.5 Å². The molecule has 1 amide bonds. The SMILES string of the molecule is CCCCCC/C=C\C/C=C\CCCCCCCC(=O)OCCCCCCCCCCCCCCCCCCCCCCCCCCCCCCCCCC(=O)NC(CO)C(O)CCCCCCCCCCCCC. The third-order valence-electron chi connectivity index (χ3n) is 16.0. The quantitative estimate of drug-likeness (QED) is 0.0320. The van der Waals surface area contributed by atoms with Crippen molar-refractivity contribution in [2.24, 2.45) is 0 Å².